The van der Waals surface area contributed by atoms with Gasteiger partial charge in [-0.2, -0.15) is 0 Å². The van der Waals surface area contributed by atoms with E-state index < -0.39 is 40.2 Å². The van der Waals surface area contributed by atoms with Crippen LogP contribution in [-0.4, -0.2) is 0 Å². The van der Waals surface area contributed by atoms with E-state index in [0.717, 1.165) is 0 Å². The van der Waals surface area contributed by atoms with Gasteiger partial charge in [-0.3, -0.25) is 0 Å². The average molecular weight is 386 g/mol. The number of hydrogen-bond donors (Lipinski definition) is 0. The molecule has 3 rings (SSSR count). The summed E-state index contributed by atoms with van der Waals surface area (Å²) in [5, 5.41) is 1.30. The van der Waals surface area contributed by atoms with Crippen LogP contribution in [0.3, 0.4) is 0 Å². The van der Waals surface area contributed by atoms with Gasteiger partial charge in [-0.1, -0.05) is 36.1 Å². The van der Waals surface area contributed by atoms with E-state index in [4.69, 9.17) is 0 Å². The molecule has 3 aromatic rings. The van der Waals surface area contributed by atoms with Gasteiger partial charge in [-0.25, -0.2) is 22.0 Å². The van der Waals surface area contributed by atoms with E-state index in [-0.39, 0.29) is 12.8 Å². The van der Waals surface area contributed by atoms with Crippen LogP contribution in [0.5, 0.6) is 0 Å². The topological polar surface area (TPSA) is 0 Å². The average Bonchev–Trinajstić information content (AvgIpc) is 2.69. The van der Waals surface area contributed by atoms with Gasteiger partial charge in [-0.15, -0.1) is 0 Å². The number of fused-ring (bicyclic) bond motifs is 1. The molecule has 0 saturated carbocycles. The van der Waals surface area contributed by atoms with Gasteiger partial charge in [-0.05, 0) is 54.8 Å². The predicted octanol–water partition coefficient (Wildman–Crippen LogP) is 6.44. The van der Waals surface area contributed by atoms with Crippen LogP contribution in [0.25, 0.3) is 10.8 Å². The maximum Gasteiger partial charge on any atom is 0.177 e. The van der Waals surface area contributed by atoms with Crippen LogP contribution in [0.1, 0.15) is 30.0 Å². The smallest absolute Gasteiger partial charge is 0.177 e. The summed E-state index contributed by atoms with van der Waals surface area (Å²) in [6.45, 7) is 1.73. The van der Waals surface area contributed by atoms with E-state index in [1.165, 1.54) is 24.3 Å². The summed E-state index contributed by atoms with van der Waals surface area (Å²) < 4.78 is 70.1. The van der Waals surface area contributed by atoms with Gasteiger partial charge in [0.15, 0.2) is 23.3 Å². The SMILES string of the molecule is C/C=C/CCc1c(F)c(F)c(C#Cc2ccc3cc(F)ccc3c2)c(F)c1F. The largest absolute Gasteiger partial charge is 0.207 e. The highest BCUT2D eigenvalue weighted by molar-refractivity contribution is 5.84. The summed E-state index contributed by atoms with van der Waals surface area (Å²) in [6.07, 6.45) is 3.42. The molecule has 0 amide bonds. The van der Waals surface area contributed by atoms with Crippen molar-refractivity contribution in [2.24, 2.45) is 0 Å². The van der Waals surface area contributed by atoms with Crippen LogP contribution in [0.4, 0.5) is 22.0 Å². The summed E-state index contributed by atoms with van der Waals surface area (Å²) in [7, 11) is 0. The Hall–Kier alpha value is -3.13. The van der Waals surface area contributed by atoms with E-state index in [9.17, 15) is 22.0 Å². The lowest BCUT2D eigenvalue weighted by Crippen LogP contribution is -2.07. The Balaban J connectivity index is 2.00. The summed E-state index contributed by atoms with van der Waals surface area (Å²) >= 11 is 0. The fourth-order valence-electron chi connectivity index (χ4n) is 2.83. The molecule has 3 aromatic carbocycles. The van der Waals surface area contributed by atoms with Crippen molar-refractivity contribution in [2.75, 3.05) is 0 Å². The van der Waals surface area contributed by atoms with Gasteiger partial charge in [0.1, 0.15) is 11.4 Å². The molecule has 0 spiro atoms. The summed E-state index contributed by atoms with van der Waals surface area (Å²) in [5.41, 5.74) is -1.22. The normalized spacial score (nSPS) is 11.1. The molecule has 0 bridgehead atoms. The van der Waals surface area contributed by atoms with E-state index in [2.05, 4.69) is 11.8 Å². The highest BCUT2D eigenvalue weighted by Gasteiger charge is 2.23. The van der Waals surface area contributed by atoms with Crippen LogP contribution in [0, 0.1) is 40.9 Å². The fraction of sp³-hybridized carbons (Fsp3) is 0.130. The lowest BCUT2D eigenvalue weighted by molar-refractivity contribution is 0.436. The van der Waals surface area contributed by atoms with Crippen molar-refractivity contribution in [1.82, 2.24) is 0 Å². The lowest BCUT2D eigenvalue weighted by atomic mass is 10.0. The van der Waals surface area contributed by atoms with Crippen molar-refractivity contribution < 1.29 is 22.0 Å². The Kier molecular flexibility index (Phi) is 5.79. The lowest BCUT2D eigenvalue weighted by Gasteiger charge is -2.08. The zero-order valence-electron chi connectivity index (χ0n) is 14.9. The van der Waals surface area contributed by atoms with Gasteiger partial charge in [0.25, 0.3) is 0 Å². The maximum absolute atomic E-state index is 14.3. The van der Waals surface area contributed by atoms with Crippen LogP contribution in [0.2, 0.25) is 0 Å². The first kappa shape index (κ1) is 19.6. The first-order chi connectivity index (χ1) is 13.4. The van der Waals surface area contributed by atoms with Gasteiger partial charge in [0, 0.05) is 11.1 Å². The van der Waals surface area contributed by atoms with Crippen molar-refractivity contribution in [3.63, 3.8) is 0 Å². The quantitative estimate of drug-likeness (QED) is 0.210. The Morgan fingerprint density at radius 1 is 0.786 bits per heavy atom. The highest BCUT2D eigenvalue weighted by atomic mass is 19.2. The summed E-state index contributed by atoms with van der Waals surface area (Å²) in [4.78, 5) is 0. The van der Waals surface area contributed by atoms with Crippen molar-refractivity contribution >= 4 is 10.8 Å². The van der Waals surface area contributed by atoms with E-state index in [1.807, 2.05) is 0 Å². The molecule has 28 heavy (non-hydrogen) atoms. The number of allylic oxidation sites excluding steroid dienone is 2. The maximum atomic E-state index is 14.3. The zero-order chi connectivity index (χ0) is 20.3. The summed E-state index contributed by atoms with van der Waals surface area (Å²) in [6, 6.07) is 8.87. The molecule has 0 fully saturated rings. The molecule has 0 heterocycles. The Morgan fingerprint density at radius 3 is 2.11 bits per heavy atom. The molecule has 0 N–H and O–H groups in total. The zero-order valence-corrected chi connectivity index (χ0v) is 14.9. The van der Waals surface area contributed by atoms with Crippen LogP contribution < -0.4 is 0 Å². The van der Waals surface area contributed by atoms with Crippen molar-refractivity contribution in [3.8, 4) is 11.8 Å². The second-order valence-corrected chi connectivity index (χ2v) is 6.17. The van der Waals surface area contributed by atoms with Crippen molar-refractivity contribution in [2.45, 2.75) is 19.8 Å². The van der Waals surface area contributed by atoms with Gasteiger partial charge in [0.2, 0.25) is 0 Å². The molecule has 0 atom stereocenters. The van der Waals surface area contributed by atoms with Gasteiger partial charge < -0.3 is 0 Å². The second kappa shape index (κ2) is 8.26. The van der Waals surface area contributed by atoms with Crippen molar-refractivity contribution in [3.05, 3.63) is 94.3 Å². The number of benzene rings is 3. The molecule has 0 nitrogen and oxygen atoms in total. The minimum absolute atomic E-state index is 0.162. The Morgan fingerprint density at radius 2 is 1.43 bits per heavy atom. The van der Waals surface area contributed by atoms with Crippen LogP contribution >= 0.6 is 0 Å². The number of hydrogen-bond acceptors (Lipinski definition) is 0. The van der Waals surface area contributed by atoms with E-state index >= 15 is 0 Å². The predicted molar refractivity (Wildman–Crippen MR) is 99.3 cm³/mol. The molecule has 5 heteroatoms. The molecule has 0 radical (unpaired) electrons. The standard InChI is InChI=1S/C23H15F5/c1-2-3-4-5-18-20(25)22(27)19(23(28)21(18)26)11-7-14-6-8-16-13-17(24)10-9-15(16)12-14/h2-3,6,8-10,12-13H,4-5H2,1H3/b3-2+. The molecule has 0 saturated heterocycles. The number of rotatable bonds is 3. The first-order valence-electron chi connectivity index (χ1n) is 8.59. The number of halogens is 5. The van der Waals surface area contributed by atoms with E-state index in [0.29, 0.717) is 16.3 Å². The van der Waals surface area contributed by atoms with Gasteiger partial charge >= 0.3 is 0 Å². The second-order valence-electron chi connectivity index (χ2n) is 6.17. The minimum atomic E-state index is -1.51. The molecule has 0 unspecified atom stereocenters. The molecule has 142 valence electrons. The third-order valence-corrected chi connectivity index (χ3v) is 4.29. The van der Waals surface area contributed by atoms with Gasteiger partial charge in [0.05, 0.1) is 0 Å². The van der Waals surface area contributed by atoms with Crippen LogP contribution in [0.15, 0.2) is 48.6 Å². The van der Waals surface area contributed by atoms with Crippen molar-refractivity contribution in [1.29, 1.82) is 0 Å². The third kappa shape index (κ3) is 3.91. The fourth-order valence-corrected chi connectivity index (χ4v) is 2.83. The summed E-state index contributed by atoms with van der Waals surface area (Å²) in [5.74, 6) is -1.58. The van der Waals surface area contributed by atoms with Crippen LogP contribution in [-0.2, 0) is 6.42 Å². The monoisotopic (exact) mass is 386 g/mol. The Labute approximate surface area is 159 Å². The Bertz CT molecular complexity index is 1100. The third-order valence-electron chi connectivity index (χ3n) is 4.29. The molecule has 0 aliphatic carbocycles. The van der Waals surface area contributed by atoms with E-state index in [1.54, 1.807) is 31.2 Å². The molecular weight excluding hydrogens is 371 g/mol. The molecule has 0 aromatic heterocycles. The molecule has 0 aliphatic heterocycles. The first-order valence-corrected chi connectivity index (χ1v) is 8.59. The molecular formula is C23H15F5. The molecule has 0 aliphatic rings. The minimum Gasteiger partial charge on any atom is -0.207 e. The highest BCUT2D eigenvalue weighted by Crippen LogP contribution is 2.25.